The van der Waals surface area contributed by atoms with Crippen LogP contribution in [-0.2, 0) is 0 Å². The zero-order valence-electron chi connectivity index (χ0n) is 12.2. The van der Waals surface area contributed by atoms with E-state index in [9.17, 15) is 0 Å². The van der Waals surface area contributed by atoms with E-state index in [1.165, 1.54) is 0 Å². The lowest BCUT2D eigenvalue weighted by Crippen LogP contribution is -2.24. The van der Waals surface area contributed by atoms with E-state index in [2.05, 4.69) is 21.2 Å². The van der Waals surface area contributed by atoms with Gasteiger partial charge in [0.25, 0.3) is 0 Å². The molecule has 0 saturated carbocycles. The van der Waals surface area contributed by atoms with Crippen LogP contribution < -0.4 is 4.90 Å². The molecular weight excluding hydrogens is 272 g/mol. The molecule has 106 valence electrons. The highest BCUT2D eigenvalue weighted by Gasteiger charge is 2.11. The summed E-state index contributed by atoms with van der Waals surface area (Å²) in [6.07, 6.45) is 5.50. The highest BCUT2D eigenvalue weighted by atomic mass is 35.5. The van der Waals surface area contributed by atoms with Crippen molar-refractivity contribution in [2.45, 2.75) is 13.1 Å². The van der Waals surface area contributed by atoms with Crippen LogP contribution in [0, 0.1) is 6.92 Å². The normalized spacial score (nSPS) is 18.6. The Morgan fingerprint density at radius 3 is 2.65 bits per heavy atom. The lowest BCUT2D eigenvalue weighted by molar-refractivity contribution is 0.379. The van der Waals surface area contributed by atoms with Crippen molar-refractivity contribution in [3.8, 4) is 0 Å². The van der Waals surface area contributed by atoms with E-state index in [4.69, 9.17) is 11.6 Å². The molecule has 20 heavy (non-hydrogen) atoms. The van der Waals surface area contributed by atoms with Crippen LogP contribution >= 0.6 is 11.6 Å². The fourth-order valence-corrected chi connectivity index (χ4v) is 2.13. The lowest BCUT2D eigenvalue weighted by atomic mass is 10.2. The van der Waals surface area contributed by atoms with Crippen LogP contribution in [0.5, 0.6) is 0 Å². The summed E-state index contributed by atoms with van der Waals surface area (Å²) >= 11 is 5.92. The number of likely N-dealkylation sites (N-methyl/N-ethyl adjacent to an activating group) is 1. The molecule has 1 aromatic carbocycles. The van der Waals surface area contributed by atoms with Gasteiger partial charge in [0.2, 0.25) is 0 Å². The number of benzene rings is 1. The van der Waals surface area contributed by atoms with E-state index in [0.29, 0.717) is 5.03 Å². The first-order chi connectivity index (χ1) is 9.47. The van der Waals surface area contributed by atoms with Gasteiger partial charge in [-0.05, 0) is 42.8 Å². The number of halogens is 1. The molecule has 0 fully saturated rings. The molecule has 0 radical (unpaired) electrons. The largest absolute Gasteiger partial charge is 0.378 e. The molecule has 0 amide bonds. The van der Waals surface area contributed by atoms with Crippen molar-refractivity contribution >= 4 is 23.0 Å². The van der Waals surface area contributed by atoms with E-state index in [1.807, 2.05) is 63.5 Å². The Morgan fingerprint density at radius 1 is 1.30 bits per heavy atom. The molecule has 0 aromatic heterocycles. The van der Waals surface area contributed by atoms with E-state index in [-0.39, 0.29) is 6.17 Å². The van der Waals surface area contributed by atoms with Gasteiger partial charge in [-0.2, -0.15) is 10.2 Å². The topological polar surface area (TPSA) is 31.2 Å². The van der Waals surface area contributed by atoms with Gasteiger partial charge in [-0.25, -0.2) is 0 Å². The number of anilines is 1. The number of nitrogens with zero attached hydrogens (tertiary/aromatic N) is 4. The van der Waals surface area contributed by atoms with E-state index < -0.39 is 0 Å². The average molecular weight is 291 g/mol. The second-order valence-electron chi connectivity index (χ2n) is 5.03. The number of rotatable bonds is 3. The van der Waals surface area contributed by atoms with E-state index in [0.717, 1.165) is 16.9 Å². The molecule has 1 aliphatic rings. The van der Waals surface area contributed by atoms with Crippen LogP contribution in [0.4, 0.5) is 11.4 Å². The smallest absolute Gasteiger partial charge is 0.161 e. The second-order valence-corrected chi connectivity index (χ2v) is 5.47. The fraction of sp³-hybridized carbons (Fsp3) is 0.333. The first-order valence-electron chi connectivity index (χ1n) is 6.43. The molecule has 0 bridgehead atoms. The lowest BCUT2D eigenvalue weighted by Gasteiger charge is -2.22. The van der Waals surface area contributed by atoms with Crippen LogP contribution in [0.1, 0.15) is 5.56 Å². The maximum Gasteiger partial charge on any atom is 0.161 e. The minimum absolute atomic E-state index is 0.106. The summed E-state index contributed by atoms with van der Waals surface area (Å²) in [7, 11) is 5.97. The number of hydrogen-bond acceptors (Lipinski definition) is 4. The molecule has 1 unspecified atom stereocenters. The Hall–Kier alpha value is -1.81. The van der Waals surface area contributed by atoms with Crippen molar-refractivity contribution in [1.29, 1.82) is 0 Å². The minimum Gasteiger partial charge on any atom is -0.378 e. The summed E-state index contributed by atoms with van der Waals surface area (Å²) in [5, 5.41) is 9.40. The van der Waals surface area contributed by atoms with Crippen LogP contribution in [0.15, 0.2) is 51.8 Å². The molecule has 0 saturated heterocycles. The number of hydrogen-bond donors (Lipinski definition) is 0. The first-order valence-corrected chi connectivity index (χ1v) is 6.81. The maximum absolute atomic E-state index is 5.92. The molecule has 1 aromatic rings. The predicted molar refractivity (Wildman–Crippen MR) is 84.6 cm³/mol. The molecule has 1 aliphatic heterocycles. The monoisotopic (exact) mass is 290 g/mol. The molecule has 5 heteroatoms. The Morgan fingerprint density at radius 2 is 2.05 bits per heavy atom. The summed E-state index contributed by atoms with van der Waals surface area (Å²) in [5.74, 6) is 0. The van der Waals surface area contributed by atoms with Crippen molar-refractivity contribution in [3.63, 3.8) is 0 Å². The third-order valence-electron chi connectivity index (χ3n) is 3.15. The Labute approximate surface area is 125 Å². The standard InChI is InChI=1S/C15H19ClN4/c1-11-9-13(19(2)3)6-7-14(11)17-18-15-8-5-12(16)10-20(15)4/h5-10,15H,1-4H3. The van der Waals surface area contributed by atoms with Gasteiger partial charge in [0, 0.05) is 33.0 Å². The summed E-state index contributed by atoms with van der Waals surface area (Å²) in [5.41, 5.74) is 3.15. The van der Waals surface area contributed by atoms with E-state index >= 15 is 0 Å². The molecule has 2 rings (SSSR count). The van der Waals surface area contributed by atoms with Crippen LogP contribution in [0.2, 0.25) is 0 Å². The highest BCUT2D eigenvalue weighted by molar-refractivity contribution is 6.31. The molecule has 0 aliphatic carbocycles. The van der Waals surface area contributed by atoms with Gasteiger partial charge in [0.1, 0.15) is 0 Å². The average Bonchev–Trinajstić information content (AvgIpc) is 2.38. The molecule has 1 heterocycles. The van der Waals surface area contributed by atoms with Crippen LogP contribution in [0.3, 0.4) is 0 Å². The molecular formula is C15H19ClN4. The third-order valence-corrected chi connectivity index (χ3v) is 3.38. The predicted octanol–water partition coefficient (Wildman–Crippen LogP) is 4.05. The molecule has 0 N–H and O–H groups in total. The summed E-state index contributed by atoms with van der Waals surface area (Å²) in [6, 6.07) is 6.13. The third kappa shape index (κ3) is 3.39. The van der Waals surface area contributed by atoms with Gasteiger partial charge in [0.05, 0.1) is 10.7 Å². The van der Waals surface area contributed by atoms with Crippen molar-refractivity contribution in [2.24, 2.45) is 10.2 Å². The quantitative estimate of drug-likeness (QED) is 0.786. The van der Waals surface area contributed by atoms with Gasteiger partial charge >= 0.3 is 0 Å². The number of azo groups is 1. The maximum atomic E-state index is 5.92. The van der Waals surface area contributed by atoms with Crippen molar-refractivity contribution < 1.29 is 0 Å². The summed E-state index contributed by atoms with van der Waals surface area (Å²) < 4.78 is 0. The van der Waals surface area contributed by atoms with Crippen LogP contribution in [-0.4, -0.2) is 32.2 Å². The zero-order valence-corrected chi connectivity index (χ0v) is 13.0. The highest BCUT2D eigenvalue weighted by Crippen LogP contribution is 2.25. The fourth-order valence-electron chi connectivity index (χ4n) is 1.90. The van der Waals surface area contributed by atoms with Crippen molar-refractivity contribution in [2.75, 3.05) is 26.0 Å². The molecule has 0 spiro atoms. The van der Waals surface area contributed by atoms with Gasteiger partial charge in [0.15, 0.2) is 6.17 Å². The second kappa shape index (κ2) is 6.09. The summed E-state index contributed by atoms with van der Waals surface area (Å²) in [6.45, 7) is 2.04. The summed E-state index contributed by atoms with van der Waals surface area (Å²) in [4.78, 5) is 3.99. The SMILES string of the molecule is Cc1cc(N(C)C)ccc1N=NC1C=CC(Cl)=CN1C. The Bertz CT molecular complexity index is 575. The van der Waals surface area contributed by atoms with Gasteiger partial charge in [-0.15, -0.1) is 0 Å². The molecule has 4 nitrogen and oxygen atoms in total. The van der Waals surface area contributed by atoms with Crippen molar-refractivity contribution in [3.05, 3.63) is 47.1 Å². The zero-order chi connectivity index (χ0) is 14.7. The number of allylic oxidation sites excluding steroid dienone is 2. The van der Waals surface area contributed by atoms with E-state index in [1.54, 1.807) is 0 Å². The minimum atomic E-state index is -0.106. The number of aryl methyl sites for hydroxylation is 1. The van der Waals surface area contributed by atoms with Crippen molar-refractivity contribution in [1.82, 2.24) is 4.90 Å². The Kier molecular flexibility index (Phi) is 4.45. The Balaban J connectivity index is 2.14. The molecule has 1 atom stereocenters. The van der Waals surface area contributed by atoms with Crippen LogP contribution in [0.25, 0.3) is 0 Å². The van der Waals surface area contributed by atoms with Gasteiger partial charge in [-0.1, -0.05) is 11.6 Å². The van der Waals surface area contributed by atoms with Gasteiger partial charge < -0.3 is 9.80 Å². The first kappa shape index (κ1) is 14.6. The van der Waals surface area contributed by atoms with Gasteiger partial charge in [-0.3, -0.25) is 0 Å².